The van der Waals surface area contributed by atoms with Crippen LogP contribution in [0.3, 0.4) is 0 Å². The number of fused-ring (bicyclic) bond motifs is 1. The molecule has 0 saturated carbocycles. The van der Waals surface area contributed by atoms with E-state index in [9.17, 15) is 18.0 Å². The van der Waals surface area contributed by atoms with Crippen molar-refractivity contribution in [1.82, 2.24) is 24.6 Å². The molecule has 0 spiro atoms. The van der Waals surface area contributed by atoms with Gasteiger partial charge < -0.3 is 9.88 Å². The molecule has 0 aromatic carbocycles. The number of aromatic nitrogens is 4. The number of piperidine rings is 1. The number of rotatable bonds is 2. The van der Waals surface area contributed by atoms with Crippen LogP contribution in [-0.2, 0) is 13.2 Å². The molecule has 27 heavy (non-hydrogen) atoms. The second kappa shape index (κ2) is 6.40. The fourth-order valence-corrected chi connectivity index (χ4v) is 3.59. The van der Waals surface area contributed by atoms with Gasteiger partial charge in [-0.15, -0.1) is 0 Å². The molecular formula is C18H18F3N5O. The number of carbonyl (C=O) groups is 1. The Labute approximate surface area is 153 Å². The van der Waals surface area contributed by atoms with Crippen LogP contribution in [0.5, 0.6) is 0 Å². The summed E-state index contributed by atoms with van der Waals surface area (Å²) in [6.07, 6.45) is -1.32. The van der Waals surface area contributed by atoms with Gasteiger partial charge in [-0.1, -0.05) is 0 Å². The summed E-state index contributed by atoms with van der Waals surface area (Å²) in [5.41, 5.74) is 1.86. The van der Waals surface area contributed by atoms with E-state index in [0.29, 0.717) is 17.8 Å². The highest BCUT2D eigenvalue weighted by atomic mass is 19.4. The Hall–Kier alpha value is -2.84. The van der Waals surface area contributed by atoms with E-state index in [1.807, 2.05) is 18.2 Å². The number of H-pyrrole nitrogens is 1. The average molecular weight is 377 g/mol. The quantitative estimate of drug-likeness (QED) is 0.745. The molecule has 142 valence electrons. The van der Waals surface area contributed by atoms with Crippen molar-refractivity contribution < 1.29 is 18.0 Å². The minimum absolute atomic E-state index is 0.168. The van der Waals surface area contributed by atoms with Crippen molar-refractivity contribution in [3.8, 4) is 0 Å². The minimum atomic E-state index is -4.53. The van der Waals surface area contributed by atoms with Crippen LogP contribution in [0.25, 0.3) is 11.0 Å². The molecule has 0 unspecified atom stereocenters. The summed E-state index contributed by atoms with van der Waals surface area (Å²) in [5.74, 6) is -0.199. The molecule has 1 fully saturated rings. The predicted octanol–water partition coefficient (Wildman–Crippen LogP) is 3.34. The zero-order chi connectivity index (χ0) is 19.2. The van der Waals surface area contributed by atoms with Gasteiger partial charge in [0.1, 0.15) is 5.69 Å². The second-order valence-electron chi connectivity index (χ2n) is 6.76. The molecule has 6 nitrogen and oxygen atoms in total. The Kier molecular flexibility index (Phi) is 4.16. The molecule has 1 aliphatic heterocycles. The summed E-state index contributed by atoms with van der Waals surface area (Å²) in [4.78, 5) is 21.8. The monoisotopic (exact) mass is 377 g/mol. The van der Waals surface area contributed by atoms with Gasteiger partial charge in [0.15, 0.2) is 5.69 Å². The molecule has 3 aromatic heterocycles. The number of halogens is 3. The minimum Gasteiger partial charge on any atom is -0.357 e. The third-order valence-electron chi connectivity index (χ3n) is 5.02. The number of amides is 1. The van der Waals surface area contributed by atoms with Crippen molar-refractivity contribution in [2.24, 2.45) is 7.05 Å². The van der Waals surface area contributed by atoms with E-state index in [1.165, 1.54) is 7.05 Å². The van der Waals surface area contributed by atoms with Gasteiger partial charge in [0.05, 0.1) is 11.0 Å². The van der Waals surface area contributed by atoms with E-state index in [1.54, 1.807) is 11.1 Å². The van der Waals surface area contributed by atoms with E-state index < -0.39 is 17.8 Å². The second-order valence-corrected chi connectivity index (χ2v) is 6.76. The van der Waals surface area contributed by atoms with Crippen LogP contribution in [0.2, 0.25) is 0 Å². The van der Waals surface area contributed by atoms with Crippen molar-refractivity contribution in [3.05, 3.63) is 47.5 Å². The lowest BCUT2D eigenvalue weighted by Crippen LogP contribution is -2.38. The Bertz CT molecular complexity index is 949. The van der Waals surface area contributed by atoms with Crippen LogP contribution < -0.4 is 0 Å². The average Bonchev–Trinajstić information content (AvgIpc) is 3.24. The highest BCUT2D eigenvalue weighted by Gasteiger charge is 2.36. The third-order valence-corrected chi connectivity index (χ3v) is 5.02. The number of aromatic amines is 1. The first-order valence-corrected chi connectivity index (χ1v) is 8.67. The van der Waals surface area contributed by atoms with Gasteiger partial charge in [-0.3, -0.25) is 14.5 Å². The highest BCUT2D eigenvalue weighted by Crippen LogP contribution is 2.31. The lowest BCUT2D eigenvalue weighted by molar-refractivity contribution is -0.143. The molecular weight excluding hydrogens is 359 g/mol. The Morgan fingerprint density at radius 3 is 2.63 bits per heavy atom. The summed E-state index contributed by atoms with van der Waals surface area (Å²) in [6, 6.07) is 6.67. The molecule has 4 rings (SSSR count). The standard InChI is InChI=1S/C18H18F3N5O/c1-25-16(18(19,20)21)10-15(24-25)17(27)26-7-4-11(5-8-26)13-9-14-12(23-13)3-2-6-22-14/h2-3,6,9-11,23H,4-5,7-8H2,1H3. The summed E-state index contributed by atoms with van der Waals surface area (Å²) >= 11 is 0. The number of hydrogen-bond acceptors (Lipinski definition) is 3. The third kappa shape index (κ3) is 3.29. The van der Waals surface area contributed by atoms with Crippen molar-refractivity contribution in [1.29, 1.82) is 0 Å². The maximum atomic E-state index is 12.9. The fourth-order valence-electron chi connectivity index (χ4n) is 3.59. The van der Waals surface area contributed by atoms with Crippen LogP contribution in [0.4, 0.5) is 13.2 Å². The smallest absolute Gasteiger partial charge is 0.357 e. The van der Waals surface area contributed by atoms with Crippen molar-refractivity contribution in [3.63, 3.8) is 0 Å². The molecule has 9 heteroatoms. The molecule has 0 aliphatic carbocycles. The number of carbonyl (C=O) groups excluding carboxylic acids is 1. The molecule has 4 heterocycles. The zero-order valence-corrected chi connectivity index (χ0v) is 14.6. The van der Waals surface area contributed by atoms with Crippen LogP contribution in [0.15, 0.2) is 30.5 Å². The summed E-state index contributed by atoms with van der Waals surface area (Å²) in [7, 11) is 1.19. The number of alkyl halides is 3. The van der Waals surface area contributed by atoms with Crippen molar-refractivity contribution in [2.45, 2.75) is 24.9 Å². The van der Waals surface area contributed by atoms with Gasteiger partial charge in [0, 0.05) is 44.0 Å². The molecule has 1 aliphatic rings. The first kappa shape index (κ1) is 17.6. The first-order chi connectivity index (χ1) is 12.8. The van der Waals surface area contributed by atoms with Gasteiger partial charge >= 0.3 is 6.18 Å². The number of nitrogens with zero attached hydrogens (tertiary/aromatic N) is 4. The van der Waals surface area contributed by atoms with Crippen molar-refractivity contribution in [2.75, 3.05) is 13.1 Å². The van der Waals surface area contributed by atoms with Gasteiger partial charge in [-0.2, -0.15) is 18.3 Å². The van der Waals surface area contributed by atoms with Crippen LogP contribution in [0, 0.1) is 0 Å². The van der Waals surface area contributed by atoms with Crippen LogP contribution >= 0.6 is 0 Å². The Morgan fingerprint density at radius 2 is 2.00 bits per heavy atom. The number of pyridine rings is 1. The maximum Gasteiger partial charge on any atom is 0.433 e. The maximum absolute atomic E-state index is 12.9. The summed E-state index contributed by atoms with van der Waals surface area (Å²) in [5, 5.41) is 3.75. The lowest BCUT2D eigenvalue weighted by Gasteiger charge is -2.31. The van der Waals surface area contributed by atoms with Gasteiger partial charge in [0.25, 0.3) is 5.91 Å². The number of likely N-dealkylation sites (tertiary alicyclic amines) is 1. The summed E-state index contributed by atoms with van der Waals surface area (Å²) in [6.45, 7) is 0.953. The molecule has 0 atom stereocenters. The van der Waals surface area contributed by atoms with E-state index in [-0.39, 0.29) is 11.6 Å². The van der Waals surface area contributed by atoms with E-state index in [2.05, 4.69) is 15.1 Å². The number of nitrogens with one attached hydrogen (secondary N) is 1. The van der Waals surface area contributed by atoms with Crippen LogP contribution in [-0.4, -0.2) is 43.6 Å². The van der Waals surface area contributed by atoms with E-state index in [4.69, 9.17) is 0 Å². The van der Waals surface area contributed by atoms with Gasteiger partial charge in [0.2, 0.25) is 0 Å². The molecule has 1 saturated heterocycles. The Morgan fingerprint density at radius 1 is 1.26 bits per heavy atom. The largest absolute Gasteiger partial charge is 0.433 e. The number of aryl methyl sites for hydroxylation is 1. The Balaban J connectivity index is 1.45. The fraction of sp³-hybridized carbons (Fsp3) is 0.389. The first-order valence-electron chi connectivity index (χ1n) is 8.67. The molecule has 1 amide bonds. The van der Waals surface area contributed by atoms with E-state index in [0.717, 1.165) is 35.6 Å². The molecule has 0 radical (unpaired) electrons. The molecule has 3 aromatic rings. The molecule has 1 N–H and O–H groups in total. The van der Waals surface area contributed by atoms with Gasteiger partial charge in [-0.25, -0.2) is 0 Å². The highest BCUT2D eigenvalue weighted by molar-refractivity contribution is 5.92. The summed E-state index contributed by atoms with van der Waals surface area (Å²) < 4.78 is 39.4. The van der Waals surface area contributed by atoms with Gasteiger partial charge in [-0.05, 0) is 31.0 Å². The number of hydrogen-bond donors (Lipinski definition) is 1. The zero-order valence-electron chi connectivity index (χ0n) is 14.6. The topological polar surface area (TPSA) is 66.8 Å². The van der Waals surface area contributed by atoms with Crippen LogP contribution in [0.1, 0.15) is 40.6 Å². The van der Waals surface area contributed by atoms with E-state index >= 15 is 0 Å². The molecule has 0 bridgehead atoms. The predicted molar refractivity (Wildman–Crippen MR) is 92.2 cm³/mol. The van der Waals surface area contributed by atoms with Crippen molar-refractivity contribution >= 4 is 16.9 Å². The SMILES string of the molecule is Cn1nc(C(=O)N2CCC(c3cc4ncccc4[nH]3)CC2)cc1C(F)(F)F. The lowest BCUT2D eigenvalue weighted by atomic mass is 9.93. The normalized spacial score (nSPS) is 16.2.